The Morgan fingerprint density at radius 3 is 2.60 bits per heavy atom. The predicted octanol–water partition coefficient (Wildman–Crippen LogP) is 3.09. The Balaban J connectivity index is 2.23. The van der Waals surface area contributed by atoms with E-state index in [1.165, 1.54) is 23.5 Å². The maximum absolute atomic E-state index is 13.0. The molecule has 1 amide bonds. The summed E-state index contributed by atoms with van der Waals surface area (Å²) < 4.78 is 13.0. The van der Waals surface area contributed by atoms with Crippen molar-refractivity contribution in [3.63, 3.8) is 0 Å². The molecule has 20 heavy (non-hydrogen) atoms. The SMILES string of the molecule is CCN(C(=O)c1csc(N)n1)C(C)c1ccc(F)cc1. The summed E-state index contributed by atoms with van der Waals surface area (Å²) in [5.41, 5.74) is 6.79. The second-order valence-electron chi connectivity index (χ2n) is 4.39. The number of halogens is 1. The van der Waals surface area contributed by atoms with Crippen LogP contribution in [0.1, 0.15) is 35.9 Å². The molecule has 0 saturated carbocycles. The highest BCUT2D eigenvalue weighted by atomic mass is 32.1. The first-order valence-electron chi connectivity index (χ1n) is 6.30. The molecule has 6 heteroatoms. The van der Waals surface area contributed by atoms with Gasteiger partial charge in [0.15, 0.2) is 5.13 Å². The number of hydrogen-bond donors (Lipinski definition) is 1. The Kier molecular flexibility index (Phi) is 4.34. The van der Waals surface area contributed by atoms with Crippen LogP contribution in [-0.2, 0) is 0 Å². The second kappa shape index (κ2) is 6.00. The van der Waals surface area contributed by atoms with Crippen molar-refractivity contribution in [2.24, 2.45) is 0 Å². The molecule has 0 radical (unpaired) electrons. The highest BCUT2D eigenvalue weighted by Gasteiger charge is 2.23. The fourth-order valence-corrected chi connectivity index (χ4v) is 2.58. The van der Waals surface area contributed by atoms with Gasteiger partial charge >= 0.3 is 0 Å². The lowest BCUT2D eigenvalue weighted by atomic mass is 10.1. The second-order valence-corrected chi connectivity index (χ2v) is 5.28. The standard InChI is InChI=1S/C14H16FN3OS/c1-3-18(13(19)12-8-20-14(16)17-12)9(2)10-4-6-11(15)7-5-10/h4-9H,3H2,1-2H3,(H2,16,17). The van der Waals surface area contributed by atoms with Crippen LogP contribution in [0.3, 0.4) is 0 Å². The number of rotatable bonds is 4. The molecule has 1 aromatic carbocycles. The van der Waals surface area contributed by atoms with Crippen LogP contribution in [0.5, 0.6) is 0 Å². The average molecular weight is 293 g/mol. The number of nitrogens with two attached hydrogens (primary N) is 1. The van der Waals surface area contributed by atoms with E-state index >= 15 is 0 Å². The lowest BCUT2D eigenvalue weighted by Gasteiger charge is -2.27. The van der Waals surface area contributed by atoms with Crippen molar-refractivity contribution < 1.29 is 9.18 Å². The third-order valence-electron chi connectivity index (χ3n) is 3.16. The van der Waals surface area contributed by atoms with Gasteiger partial charge in [0.25, 0.3) is 5.91 Å². The van der Waals surface area contributed by atoms with E-state index in [0.717, 1.165) is 5.56 Å². The van der Waals surface area contributed by atoms with Crippen molar-refractivity contribution in [1.29, 1.82) is 0 Å². The van der Waals surface area contributed by atoms with Gasteiger partial charge in [-0.25, -0.2) is 9.37 Å². The van der Waals surface area contributed by atoms with Crippen molar-refractivity contribution in [2.45, 2.75) is 19.9 Å². The van der Waals surface area contributed by atoms with Crippen LogP contribution in [0.4, 0.5) is 9.52 Å². The number of anilines is 1. The minimum absolute atomic E-state index is 0.156. The molecule has 2 N–H and O–H groups in total. The van der Waals surface area contributed by atoms with Crippen molar-refractivity contribution in [2.75, 3.05) is 12.3 Å². The highest BCUT2D eigenvalue weighted by Crippen LogP contribution is 2.23. The van der Waals surface area contributed by atoms with E-state index in [4.69, 9.17) is 5.73 Å². The zero-order valence-corrected chi connectivity index (χ0v) is 12.2. The number of carbonyl (C=O) groups excluding carboxylic acids is 1. The maximum Gasteiger partial charge on any atom is 0.273 e. The molecule has 0 saturated heterocycles. The number of nitrogen functional groups attached to an aromatic ring is 1. The Morgan fingerprint density at radius 1 is 1.45 bits per heavy atom. The van der Waals surface area contributed by atoms with Crippen molar-refractivity contribution in [3.05, 3.63) is 46.7 Å². The van der Waals surface area contributed by atoms with Gasteiger partial charge in [-0.3, -0.25) is 4.79 Å². The summed E-state index contributed by atoms with van der Waals surface area (Å²) in [5.74, 6) is -0.458. The number of amides is 1. The average Bonchev–Trinajstić information content (AvgIpc) is 2.86. The van der Waals surface area contributed by atoms with Gasteiger partial charge in [-0.15, -0.1) is 11.3 Å². The van der Waals surface area contributed by atoms with E-state index in [9.17, 15) is 9.18 Å². The van der Waals surface area contributed by atoms with Gasteiger partial charge in [0.1, 0.15) is 11.5 Å². The van der Waals surface area contributed by atoms with Crippen LogP contribution in [-0.4, -0.2) is 22.3 Å². The molecule has 0 spiro atoms. The van der Waals surface area contributed by atoms with Crippen LogP contribution in [0.15, 0.2) is 29.6 Å². The number of nitrogens with zero attached hydrogens (tertiary/aromatic N) is 2. The maximum atomic E-state index is 13.0. The van der Waals surface area contributed by atoms with E-state index in [1.807, 2.05) is 13.8 Å². The summed E-state index contributed by atoms with van der Waals surface area (Å²) in [7, 11) is 0. The molecule has 1 aromatic heterocycles. The number of benzene rings is 1. The quantitative estimate of drug-likeness (QED) is 0.942. The molecular weight excluding hydrogens is 277 g/mol. The zero-order valence-electron chi connectivity index (χ0n) is 11.3. The van der Waals surface area contributed by atoms with Gasteiger partial charge < -0.3 is 10.6 Å². The number of hydrogen-bond acceptors (Lipinski definition) is 4. The van der Waals surface area contributed by atoms with Gasteiger partial charge in [0.2, 0.25) is 0 Å². The molecule has 1 unspecified atom stereocenters. The first kappa shape index (κ1) is 14.5. The normalized spacial score (nSPS) is 12.2. The molecule has 0 aliphatic rings. The van der Waals surface area contributed by atoms with E-state index in [2.05, 4.69) is 4.98 Å². The summed E-state index contributed by atoms with van der Waals surface area (Å²) in [6.07, 6.45) is 0. The Bertz CT molecular complexity index is 597. The van der Waals surface area contributed by atoms with Crippen LogP contribution < -0.4 is 5.73 Å². The van der Waals surface area contributed by atoms with E-state index in [1.54, 1.807) is 22.4 Å². The number of carbonyl (C=O) groups is 1. The van der Waals surface area contributed by atoms with Crippen molar-refractivity contribution in [3.8, 4) is 0 Å². The summed E-state index contributed by atoms with van der Waals surface area (Å²) in [6.45, 7) is 4.34. The van der Waals surface area contributed by atoms with Gasteiger partial charge in [0, 0.05) is 11.9 Å². The minimum atomic E-state index is -0.289. The van der Waals surface area contributed by atoms with Crippen LogP contribution in [0.25, 0.3) is 0 Å². The Morgan fingerprint density at radius 2 is 2.10 bits per heavy atom. The molecule has 2 aromatic rings. The van der Waals surface area contributed by atoms with Gasteiger partial charge in [-0.1, -0.05) is 12.1 Å². The largest absolute Gasteiger partial charge is 0.375 e. The first-order valence-corrected chi connectivity index (χ1v) is 7.18. The molecule has 4 nitrogen and oxygen atoms in total. The van der Waals surface area contributed by atoms with Crippen LogP contribution >= 0.6 is 11.3 Å². The molecule has 0 bridgehead atoms. The Labute approximate surface area is 121 Å². The molecule has 0 fully saturated rings. The predicted molar refractivity (Wildman–Crippen MR) is 78.1 cm³/mol. The van der Waals surface area contributed by atoms with E-state index in [0.29, 0.717) is 17.4 Å². The number of thiazole rings is 1. The van der Waals surface area contributed by atoms with E-state index in [-0.39, 0.29) is 17.8 Å². The molecule has 1 heterocycles. The summed E-state index contributed by atoms with van der Waals surface area (Å²) >= 11 is 1.24. The van der Waals surface area contributed by atoms with Gasteiger partial charge in [0.05, 0.1) is 6.04 Å². The van der Waals surface area contributed by atoms with Crippen LogP contribution in [0, 0.1) is 5.82 Å². The fourth-order valence-electron chi connectivity index (χ4n) is 2.05. The highest BCUT2D eigenvalue weighted by molar-refractivity contribution is 7.13. The molecule has 0 aliphatic heterocycles. The fraction of sp³-hybridized carbons (Fsp3) is 0.286. The first-order chi connectivity index (χ1) is 9.52. The monoisotopic (exact) mass is 293 g/mol. The molecule has 106 valence electrons. The third kappa shape index (κ3) is 2.96. The van der Waals surface area contributed by atoms with E-state index < -0.39 is 0 Å². The lowest BCUT2D eigenvalue weighted by Crippen LogP contribution is -2.33. The molecule has 1 atom stereocenters. The van der Waals surface area contributed by atoms with Crippen molar-refractivity contribution in [1.82, 2.24) is 9.88 Å². The molecular formula is C14H16FN3OS. The molecule has 0 aliphatic carbocycles. The smallest absolute Gasteiger partial charge is 0.273 e. The van der Waals surface area contributed by atoms with Crippen LogP contribution in [0.2, 0.25) is 0 Å². The minimum Gasteiger partial charge on any atom is -0.375 e. The summed E-state index contributed by atoms with van der Waals surface area (Å²) in [6, 6.07) is 6.00. The third-order valence-corrected chi connectivity index (χ3v) is 3.84. The van der Waals surface area contributed by atoms with Crippen molar-refractivity contribution >= 4 is 22.4 Å². The topological polar surface area (TPSA) is 59.2 Å². The number of aromatic nitrogens is 1. The lowest BCUT2D eigenvalue weighted by molar-refractivity contribution is 0.0697. The van der Waals surface area contributed by atoms with Gasteiger partial charge in [-0.05, 0) is 31.5 Å². The molecule has 2 rings (SSSR count). The zero-order chi connectivity index (χ0) is 14.7. The van der Waals surface area contributed by atoms with Gasteiger partial charge in [-0.2, -0.15) is 0 Å². The Hall–Kier alpha value is -1.95. The summed E-state index contributed by atoms with van der Waals surface area (Å²) in [4.78, 5) is 18.1. The summed E-state index contributed by atoms with van der Waals surface area (Å²) in [5, 5.41) is 2.02.